The van der Waals surface area contributed by atoms with E-state index in [4.69, 9.17) is 0 Å². The summed E-state index contributed by atoms with van der Waals surface area (Å²) in [6.07, 6.45) is 9.66. The van der Waals surface area contributed by atoms with Gasteiger partial charge in [0.1, 0.15) is 0 Å². The van der Waals surface area contributed by atoms with E-state index in [9.17, 15) is 9.59 Å². The van der Waals surface area contributed by atoms with E-state index in [0.717, 1.165) is 12.8 Å². The van der Waals surface area contributed by atoms with Crippen molar-refractivity contribution in [3.05, 3.63) is 35.4 Å². The quantitative estimate of drug-likeness (QED) is 0.485. The lowest BCUT2D eigenvalue weighted by Crippen LogP contribution is -2.37. The van der Waals surface area contributed by atoms with Crippen LogP contribution in [0.15, 0.2) is 24.3 Å². The van der Waals surface area contributed by atoms with Gasteiger partial charge in [0, 0.05) is 6.04 Å². The Hall–Kier alpha value is -1.64. The fraction of sp³-hybridized carbons (Fsp3) is 0.579. The Labute approximate surface area is 133 Å². The lowest BCUT2D eigenvalue weighted by Gasteiger charge is -2.22. The molecule has 0 aromatic heterocycles. The predicted molar refractivity (Wildman–Crippen MR) is 89.0 cm³/mol. The molecule has 0 aliphatic carbocycles. The van der Waals surface area contributed by atoms with Crippen molar-refractivity contribution in [3.63, 3.8) is 0 Å². The lowest BCUT2D eigenvalue weighted by molar-refractivity contribution is 0.0588. The zero-order valence-electron chi connectivity index (χ0n) is 13.8. The molecule has 1 unspecified atom stereocenters. The molecule has 0 saturated heterocycles. The molecule has 0 radical (unpaired) electrons. The van der Waals surface area contributed by atoms with Crippen molar-refractivity contribution < 1.29 is 9.59 Å². The molecule has 22 heavy (non-hydrogen) atoms. The Morgan fingerprint density at radius 3 is 1.91 bits per heavy atom. The van der Waals surface area contributed by atoms with E-state index in [1.54, 1.807) is 12.1 Å². The smallest absolute Gasteiger partial charge is 0.261 e. The monoisotopic (exact) mass is 301 g/mol. The van der Waals surface area contributed by atoms with Crippen LogP contribution in [0, 0.1) is 0 Å². The Morgan fingerprint density at radius 1 is 0.864 bits per heavy atom. The van der Waals surface area contributed by atoms with Crippen LogP contribution in [-0.4, -0.2) is 22.8 Å². The van der Waals surface area contributed by atoms with Crippen LogP contribution in [0.5, 0.6) is 0 Å². The average molecular weight is 301 g/mol. The minimum absolute atomic E-state index is 0.0111. The van der Waals surface area contributed by atoms with Gasteiger partial charge in [0.05, 0.1) is 11.1 Å². The molecule has 0 N–H and O–H groups in total. The number of carbonyl (C=O) groups is 2. The van der Waals surface area contributed by atoms with Gasteiger partial charge in [0.25, 0.3) is 11.8 Å². The second kappa shape index (κ2) is 8.11. The number of hydrogen-bond donors (Lipinski definition) is 0. The second-order valence-electron chi connectivity index (χ2n) is 6.28. The van der Waals surface area contributed by atoms with Gasteiger partial charge in [0.2, 0.25) is 0 Å². The van der Waals surface area contributed by atoms with Crippen molar-refractivity contribution in [1.82, 2.24) is 4.90 Å². The number of carbonyl (C=O) groups excluding carboxylic acids is 2. The fourth-order valence-corrected chi connectivity index (χ4v) is 3.13. The summed E-state index contributed by atoms with van der Waals surface area (Å²) in [5.41, 5.74) is 1.11. The standard InChI is InChI=1S/C19H27NO2/c1-3-4-5-6-7-8-9-12-15(2)20-18(21)16-13-10-11-14-17(16)19(20)22/h10-11,13-15H,3-9,12H2,1-2H3. The minimum atomic E-state index is -0.129. The van der Waals surface area contributed by atoms with Crippen LogP contribution in [0.1, 0.15) is 85.9 Å². The molecule has 2 rings (SSSR count). The molecule has 1 heterocycles. The summed E-state index contributed by atoms with van der Waals surface area (Å²) in [5, 5.41) is 0. The van der Waals surface area contributed by atoms with Crippen molar-refractivity contribution >= 4 is 11.8 Å². The summed E-state index contributed by atoms with van der Waals surface area (Å²) in [7, 11) is 0. The van der Waals surface area contributed by atoms with Crippen LogP contribution in [0.4, 0.5) is 0 Å². The molecule has 3 heteroatoms. The van der Waals surface area contributed by atoms with Crippen LogP contribution in [-0.2, 0) is 0 Å². The summed E-state index contributed by atoms with van der Waals surface area (Å²) in [5.74, 6) is -0.257. The number of rotatable bonds is 9. The van der Waals surface area contributed by atoms with E-state index < -0.39 is 0 Å². The maximum atomic E-state index is 12.4. The van der Waals surface area contributed by atoms with E-state index in [-0.39, 0.29) is 17.9 Å². The van der Waals surface area contributed by atoms with E-state index in [2.05, 4.69) is 6.92 Å². The van der Waals surface area contributed by atoms with Crippen LogP contribution in [0.3, 0.4) is 0 Å². The highest BCUT2D eigenvalue weighted by Crippen LogP contribution is 2.26. The third-order valence-electron chi connectivity index (χ3n) is 4.49. The summed E-state index contributed by atoms with van der Waals surface area (Å²) >= 11 is 0. The second-order valence-corrected chi connectivity index (χ2v) is 6.28. The number of unbranched alkanes of at least 4 members (excludes halogenated alkanes) is 6. The third-order valence-corrected chi connectivity index (χ3v) is 4.49. The highest BCUT2D eigenvalue weighted by atomic mass is 16.2. The number of imide groups is 1. The van der Waals surface area contributed by atoms with Crippen molar-refractivity contribution in [2.24, 2.45) is 0 Å². The molecular formula is C19H27NO2. The molecule has 1 aromatic rings. The number of amides is 2. The van der Waals surface area contributed by atoms with Gasteiger partial charge in [-0.1, -0.05) is 64.0 Å². The average Bonchev–Trinajstić information content (AvgIpc) is 2.78. The molecule has 0 saturated carbocycles. The third kappa shape index (κ3) is 3.76. The molecule has 1 atom stereocenters. The van der Waals surface area contributed by atoms with E-state index >= 15 is 0 Å². The van der Waals surface area contributed by atoms with Crippen LogP contribution < -0.4 is 0 Å². The number of hydrogen-bond acceptors (Lipinski definition) is 2. The van der Waals surface area contributed by atoms with E-state index in [1.807, 2.05) is 19.1 Å². The first-order valence-corrected chi connectivity index (χ1v) is 8.63. The molecule has 0 fully saturated rings. The molecule has 2 amide bonds. The number of nitrogens with zero attached hydrogens (tertiary/aromatic N) is 1. The first-order chi connectivity index (χ1) is 10.7. The first-order valence-electron chi connectivity index (χ1n) is 8.63. The van der Waals surface area contributed by atoms with Crippen LogP contribution in [0.25, 0.3) is 0 Å². The Balaban J connectivity index is 1.78. The van der Waals surface area contributed by atoms with E-state index in [0.29, 0.717) is 11.1 Å². The fourth-order valence-electron chi connectivity index (χ4n) is 3.13. The van der Waals surface area contributed by atoms with E-state index in [1.165, 1.54) is 43.4 Å². The predicted octanol–water partition coefficient (Wildman–Crippen LogP) is 4.81. The molecule has 1 aliphatic heterocycles. The van der Waals surface area contributed by atoms with Crippen molar-refractivity contribution in [2.75, 3.05) is 0 Å². The molecule has 0 spiro atoms. The molecule has 120 valence electrons. The summed E-state index contributed by atoms with van der Waals surface area (Å²) < 4.78 is 0. The molecule has 3 nitrogen and oxygen atoms in total. The highest BCUT2D eigenvalue weighted by molar-refractivity contribution is 6.21. The normalized spacial score (nSPS) is 15.3. The molecular weight excluding hydrogens is 274 g/mol. The van der Waals surface area contributed by atoms with Gasteiger partial charge >= 0.3 is 0 Å². The van der Waals surface area contributed by atoms with Gasteiger partial charge < -0.3 is 0 Å². The Morgan fingerprint density at radius 2 is 1.36 bits per heavy atom. The SMILES string of the molecule is CCCCCCCCCC(C)N1C(=O)c2ccccc2C1=O. The Bertz CT molecular complexity index is 489. The van der Waals surface area contributed by atoms with Crippen molar-refractivity contribution in [1.29, 1.82) is 0 Å². The minimum Gasteiger partial charge on any atom is -0.272 e. The lowest BCUT2D eigenvalue weighted by atomic mass is 10.1. The number of fused-ring (bicyclic) bond motifs is 1. The molecule has 1 aromatic carbocycles. The van der Waals surface area contributed by atoms with Gasteiger partial charge in [-0.15, -0.1) is 0 Å². The summed E-state index contributed by atoms with van der Waals surface area (Å²) in [4.78, 5) is 26.2. The summed E-state index contributed by atoms with van der Waals surface area (Å²) in [6, 6.07) is 7.11. The van der Waals surface area contributed by atoms with Gasteiger partial charge in [-0.05, 0) is 25.5 Å². The number of benzene rings is 1. The van der Waals surface area contributed by atoms with Crippen molar-refractivity contribution in [3.8, 4) is 0 Å². The van der Waals surface area contributed by atoms with Gasteiger partial charge in [-0.2, -0.15) is 0 Å². The molecule has 0 bridgehead atoms. The highest BCUT2D eigenvalue weighted by Gasteiger charge is 2.37. The van der Waals surface area contributed by atoms with Crippen molar-refractivity contribution in [2.45, 2.75) is 71.3 Å². The maximum Gasteiger partial charge on any atom is 0.261 e. The van der Waals surface area contributed by atoms with Crippen LogP contribution in [0.2, 0.25) is 0 Å². The maximum absolute atomic E-state index is 12.4. The zero-order chi connectivity index (χ0) is 15.9. The zero-order valence-corrected chi connectivity index (χ0v) is 13.8. The van der Waals surface area contributed by atoms with Gasteiger partial charge in [0.15, 0.2) is 0 Å². The largest absolute Gasteiger partial charge is 0.272 e. The topological polar surface area (TPSA) is 37.4 Å². The van der Waals surface area contributed by atoms with Crippen LogP contribution >= 0.6 is 0 Å². The van der Waals surface area contributed by atoms with Gasteiger partial charge in [-0.3, -0.25) is 14.5 Å². The first kappa shape index (κ1) is 16.7. The summed E-state index contributed by atoms with van der Waals surface area (Å²) in [6.45, 7) is 4.21. The molecule has 1 aliphatic rings. The Kier molecular flexibility index (Phi) is 6.17. The van der Waals surface area contributed by atoms with Gasteiger partial charge in [-0.25, -0.2) is 0 Å².